The Morgan fingerprint density at radius 3 is 1.91 bits per heavy atom. The van der Waals surface area contributed by atoms with E-state index in [0.717, 1.165) is 22.6 Å². The highest BCUT2D eigenvalue weighted by molar-refractivity contribution is 5.72. The number of benzene rings is 4. The maximum absolute atomic E-state index is 4.45. The first-order chi connectivity index (χ1) is 16.0. The Hall–Kier alpha value is -3.98. The molecule has 0 bridgehead atoms. The van der Waals surface area contributed by atoms with Gasteiger partial charge in [0.25, 0.3) is 0 Å². The molecule has 0 atom stereocenters. The van der Waals surface area contributed by atoms with E-state index in [-0.39, 0.29) is 5.41 Å². The summed E-state index contributed by atoms with van der Waals surface area (Å²) in [6.07, 6.45) is 1.79. The molecular formula is C30H27N3. The second-order valence-electron chi connectivity index (χ2n) is 9.35. The van der Waals surface area contributed by atoms with E-state index < -0.39 is 0 Å². The van der Waals surface area contributed by atoms with Crippen LogP contribution >= 0.6 is 0 Å². The second-order valence-corrected chi connectivity index (χ2v) is 9.35. The van der Waals surface area contributed by atoms with Crippen LogP contribution < -0.4 is 0 Å². The minimum Gasteiger partial charge on any atom is -0.282 e. The van der Waals surface area contributed by atoms with Gasteiger partial charge in [0.05, 0.1) is 0 Å². The molecule has 33 heavy (non-hydrogen) atoms. The normalized spacial score (nSPS) is 11.5. The Balaban J connectivity index is 1.49. The van der Waals surface area contributed by atoms with E-state index in [1.807, 2.05) is 6.07 Å². The lowest BCUT2D eigenvalue weighted by Gasteiger charge is -2.19. The van der Waals surface area contributed by atoms with Crippen molar-refractivity contribution in [3.63, 3.8) is 0 Å². The largest absolute Gasteiger partial charge is 0.282 e. The topological polar surface area (TPSA) is 30.7 Å². The average molecular weight is 430 g/mol. The highest BCUT2D eigenvalue weighted by Crippen LogP contribution is 2.30. The van der Waals surface area contributed by atoms with Gasteiger partial charge in [0.2, 0.25) is 0 Å². The van der Waals surface area contributed by atoms with Crippen molar-refractivity contribution in [3.8, 4) is 39.3 Å². The molecule has 1 heterocycles. The van der Waals surface area contributed by atoms with E-state index in [1.54, 1.807) is 6.33 Å². The van der Waals surface area contributed by atoms with Crippen molar-refractivity contribution >= 4 is 0 Å². The molecule has 0 aliphatic heterocycles. The fourth-order valence-electron chi connectivity index (χ4n) is 4.07. The molecule has 4 aromatic carbocycles. The van der Waals surface area contributed by atoms with Crippen LogP contribution in [0.1, 0.15) is 26.3 Å². The van der Waals surface area contributed by atoms with Gasteiger partial charge in [0.1, 0.15) is 6.33 Å². The molecule has 162 valence electrons. The monoisotopic (exact) mass is 429 g/mol. The van der Waals surface area contributed by atoms with E-state index in [1.165, 1.54) is 22.3 Å². The predicted octanol–water partition coefficient (Wildman–Crippen LogP) is 7.57. The Morgan fingerprint density at radius 2 is 1.18 bits per heavy atom. The Kier molecular flexibility index (Phi) is 5.39. The van der Waals surface area contributed by atoms with Gasteiger partial charge in [-0.05, 0) is 51.4 Å². The molecule has 0 aliphatic rings. The smallest absolute Gasteiger partial charge is 0.168 e. The van der Waals surface area contributed by atoms with Crippen LogP contribution in [0.2, 0.25) is 0 Å². The molecule has 0 spiro atoms. The van der Waals surface area contributed by atoms with E-state index in [0.29, 0.717) is 0 Å². The van der Waals surface area contributed by atoms with E-state index in [9.17, 15) is 0 Å². The van der Waals surface area contributed by atoms with E-state index in [2.05, 4.69) is 133 Å². The molecule has 1 aromatic heterocycles. The Bertz CT molecular complexity index is 1370. The molecule has 0 aliphatic carbocycles. The number of aromatic nitrogens is 3. The second kappa shape index (κ2) is 8.51. The fraction of sp³-hybridized carbons (Fsp3) is 0.133. The lowest BCUT2D eigenvalue weighted by atomic mass is 9.86. The summed E-state index contributed by atoms with van der Waals surface area (Å²) >= 11 is 0. The summed E-state index contributed by atoms with van der Waals surface area (Å²) in [6.45, 7) is 6.68. The standard InChI is InChI=1S/C30H27N3/c1-30(2,3)27-13-7-12-26(19-27)29-32-31-21-33(29)28-14-8-11-25(20-28)24-17-15-23(16-18-24)22-9-5-4-6-10-22/h4-21H,1-3H3. The van der Waals surface area contributed by atoms with Gasteiger partial charge >= 0.3 is 0 Å². The summed E-state index contributed by atoms with van der Waals surface area (Å²) in [4.78, 5) is 0. The van der Waals surface area contributed by atoms with Gasteiger partial charge in [-0.25, -0.2) is 0 Å². The Morgan fingerprint density at radius 1 is 0.576 bits per heavy atom. The molecule has 0 fully saturated rings. The molecule has 0 radical (unpaired) electrons. The van der Waals surface area contributed by atoms with Crippen molar-refractivity contribution in [3.05, 3.63) is 115 Å². The van der Waals surface area contributed by atoms with Crippen LogP contribution in [0.15, 0.2) is 109 Å². The first kappa shape index (κ1) is 20.9. The first-order valence-electron chi connectivity index (χ1n) is 11.3. The van der Waals surface area contributed by atoms with Crippen molar-refractivity contribution in [2.45, 2.75) is 26.2 Å². The highest BCUT2D eigenvalue weighted by atomic mass is 15.3. The van der Waals surface area contributed by atoms with Gasteiger partial charge in [-0.3, -0.25) is 4.57 Å². The number of hydrogen-bond acceptors (Lipinski definition) is 2. The summed E-state index contributed by atoms with van der Waals surface area (Å²) < 4.78 is 2.06. The minimum absolute atomic E-state index is 0.0761. The van der Waals surface area contributed by atoms with Gasteiger partial charge in [-0.1, -0.05) is 106 Å². The highest BCUT2D eigenvalue weighted by Gasteiger charge is 2.16. The summed E-state index contributed by atoms with van der Waals surface area (Å²) in [5.74, 6) is 0.845. The van der Waals surface area contributed by atoms with Gasteiger partial charge < -0.3 is 0 Å². The van der Waals surface area contributed by atoms with Crippen molar-refractivity contribution in [1.82, 2.24) is 14.8 Å². The third-order valence-electron chi connectivity index (χ3n) is 5.98. The number of rotatable bonds is 4. The summed E-state index contributed by atoms with van der Waals surface area (Å²) in [7, 11) is 0. The summed E-state index contributed by atoms with van der Waals surface area (Å²) in [6, 6.07) is 36.3. The average Bonchev–Trinajstić information content (AvgIpc) is 3.35. The molecule has 0 N–H and O–H groups in total. The van der Waals surface area contributed by atoms with E-state index in [4.69, 9.17) is 0 Å². The summed E-state index contributed by atoms with van der Waals surface area (Å²) in [5, 5.41) is 8.67. The van der Waals surface area contributed by atoms with Crippen LogP contribution in [0, 0.1) is 0 Å². The molecule has 0 saturated heterocycles. The first-order valence-corrected chi connectivity index (χ1v) is 11.3. The third-order valence-corrected chi connectivity index (χ3v) is 5.98. The number of nitrogens with zero attached hydrogens (tertiary/aromatic N) is 3. The quantitative estimate of drug-likeness (QED) is 0.295. The van der Waals surface area contributed by atoms with Crippen LogP contribution in [0.25, 0.3) is 39.3 Å². The molecule has 0 saturated carbocycles. The lowest BCUT2D eigenvalue weighted by Crippen LogP contribution is -2.11. The third kappa shape index (κ3) is 4.35. The van der Waals surface area contributed by atoms with Crippen molar-refractivity contribution < 1.29 is 0 Å². The van der Waals surface area contributed by atoms with Crippen LogP contribution in [0.4, 0.5) is 0 Å². The van der Waals surface area contributed by atoms with E-state index >= 15 is 0 Å². The van der Waals surface area contributed by atoms with Crippen molar-refractivity contribution in [2.24, 2.45) is 0 Å². The van der Waals surface area contributed by atoms with Crippen LogP contribution in [0.5, 0.6) is 0 Å². The van der Waals surface area contributed by atoms with Crippen molar-refractivity contribution in [1.29, 1.82) is 0 Å². The molecule has 5 aromatic rings. The SMILES string of the molecule is CC(C)(C)c1cccc(-c2nncn2-c2cccc(-c3ccc(-c4ccccc4)cc3)c2)c1. The Labute approximate surface area is 195 Å². The molecule has 0 unspecified atom stereocenters. The molecule has 0 amide bonds. The zero-order chi connectivity index (χ0) is 22.8. The zero-order valence-electron chi connectivity index (χ0n) is 19.2. The molecular weight excluding hydrogens is 402 g/mol. The van der Waals surface area contributed by atoms with Crippen LogP contribution in [0.3, 0.4) is 0 Å². The van der Waals surface area contributed by atoms with Gasteiger partial charge in [-0.2, -0.15) is 0 Å². The maximum atomic E-state index is 4.45. The van der Waals surface area contributed by atoms with Gasteiger partial charge in [0.15, 0.2) is 5.82 Å². The molecule has 3 nitrogen and oxygen atoms in total. The minimum atomic E-state index is 0.0761. The molecule has 5 rings (SSSR count). The molecule has 3 heteroatoms. The van der Waals surface area contributed by atoms with Crippen LogP contribution in [-0.4, -0.2) is 14.8 Å². The van der Waals surface area contributed by atoms with Crippen LogP contribution in [-0.2, 0) is 5.41 Å². The maximum Gasteiger partial charge on any atom is 0.168 e. The summed E-state index contributed by atoms with van der Waals surface area (Å²) in [5.41, 5.74) is 8.25. The van der Waals surface area contributed by atoms with Gasteiger partial charge in [0, 0.05) is 11.3 Å². The zero-order valence-corrected chi connectivity index (χ0v) is 19.2. The lowest BCUT2D eigenvalue weighted by molar-refractivity contribution is 0.590. The number of hydrogen-bond donors (Lipinski definition) is 0. The van der Waals surface area contributed by atoms with Crippen molar-refractivity contribution in [2.75, 3.05) is 0 Å². The van der Waals surface area contributed by atoms with Gasteiger partial charge in [-0.15, -0.1) is 10.2 Å². The fourth-order valence-corrected chi connectivity index (χ4v) is 4.07. The predicted molar refractivity (Wildman–Crippen MR) is 136 cm³/mol.